The van der Waals surface area contributed by atoms with Crippen LogP contribution in [0.3, 0.4) is 0 Å². The molecule has 7 heteroatoms. The quantitative estimate of drug-likeness (QED) is 0.832. The van der Waals surface area contributed by atoms with Gasteiger partial charge in [0.2, 0.25) is 10.0 Å². The molecule has 120 valence electrons. The molecule has 0 bridgehead atoms. The molecule has 0 saturated carbocycles. The summed E-state index contributed by atoms with van der Waals surface area (Å²) in [6.07, 6.45) is 2.75. The fourth-order valence-electron chi connectivity index (χ4n) is 2.95. The fraction of sp³-hybridized carbons (Fsp3) is 0.714. The second-order valence-electron chi connectivity index (χ2n) is 5.86. The van der Waals surface area contributed by atoms with E-state index in [4.69, 9.17) is 5.73 Å². The molecule has 2 rings (SSSR count). The molecule has 0 aliphatic carbocycles. The van der Waals surface area contributed by atoms with Crippen LogP contribution in [0.2, 0.25) is 0 Å². The molecule has 0 spiro atoms. The molecule has 1 atom stereocenters. The fourth-order valence-corrected chi connectivity index (χ4v) is 4.26. The van der Waals surface area contributed by atoms with Crippen molar-refractivity contribution in [3.63, 3.8) is 0 Å². The smallest absolute Gasteiger partial charge is 0.244 e. The molecular weight excluding hydrogens is 288 g/mol. The van der Waals surface area contributed by atoms with Crippen molar-refractivity contribution in [2.24, 2.45) is 11.7 Å². The Morgan fingerprint density at radius 2 is 2.19 bits per heavy atom. The van der Waals surface area contributed by atoms with E-state index in [9.17, 15) is 8.42 Å². The van der Waals surface area contributed by atoms with Crippen LogP contribution in [0.5, 0.6) is 0 Å². The molecule has 21 heavy (non-hydrogen) atoms. The van der Waals surface area contributed by atoms with E-state index >= 15 is 0 Å². The second kappa shape index (κ2) is 6.48. The van der Waals surface area contributed by atoms with Crippen molar-refractivity contribution in [1.29, 1.82) is 0 Å². The molecule has 1 aliphatic heterocycles. The van der Waals surface area contributed by atoms with Crippen LogP contribution in [0.1, 0.15) is 19.0 Å². The van der Waals surface area contributed by atoms with Crippen molar-refractivity contribution in [2.75, 3.05) is 33.7 Å². The summed E-state index contributed by atoms with van der Waals surface area (Å²) in [5, 5.41) is 0. The van der Waals surface area contributed by atoms with Crippen LogP contribution < -0.4 is 5.73 Å². The first-order chi connectivity index (χ1) is 9.88. The Balaban J connectivity index is 2.14. The van der Waals surface area contributed by atoms with Crippen LogP contribution in [-0.2, 0) is 23.1 Å². The van der Waals surface area contributed by atoms with E-state index in [0.29, 0.717) is 23.9 Å². The minimum atomic E-state index is -3.43. The highest BCUT2D eigenvalue weighted by molar-refractivity contribution is 7.89. The Bertz CT molecular complexity index is 560. The molecule has 0 aromatic carbocycles. The Kier molecular flexibility index (Phi) is 5.08. The Morgan fingerprint density at radius 1 is 1.48 bits per heavy atom. The third-order valence-corrected chi connectivity index (χ3v) is 6.01. The molecule has 1 aromatic heterocycles. The maximum atomic E-state index is 12.7. The highest BCUT2D eigenvalue weighted by Gasteiger charge is 2.28. The van der Waals surface area contributed by atoms with E-state index in [-0.39, 0.29) is 0 Å². The summed E-state index contributed by atoms with van der Waals surface area (Å²) in [5.41, 5.74) is 6.52. The molecule has 0 radical (unpaired) electrons. The minimum absolute atomic E-state index is 0.346. The number of hydrogen-bond acceptors (Lipinski definition) is 4. The summed E-state index contributed by atoms with van der Waals surface area (Å²) in [4.78, 5) is 2.59. The maximum absolute atomic E-state index is 12.7. The zero-order valence-corrected chi connectivity index (χ0v) is 13.9. The second-order valence-corrected chi connectivity index (χ2v) is 7.90. The van der Waals surface area contributed by atoms with Gasteiger partial charge in [-0.3, -0.25) is 0 Å². The molecule has 0 amide bonds. The van der Waals surface area contributed by atoms with Crippen molar-refractivity contribution < 1.29 is 8.42 Å². The number of aryl methyl sites for hydroxylation is 1. The number of sulfonamides is 1. The molecular formula is C14H26N4O2S. The number of hydrogen-bond donors (Lipinski definition) is 1. The Morgan fingerprint density at radius 3 is 2.67 bits per heavy atom. The van der Waals surface area contributed by atoms with E-state index in [1.807, 2.05) is 11.5 Å². The first-order valence-corrected chi connectivity index (χ1v) is 8.86. The Labute approximate surface area is 127 Å². The highest BCUT2D eigenvalue weighted by Crippen LogP contribution is 2.22. The summed E-state index contributed by atoms with van der Waals surface area (Å²) in [6, 6.07) is 1.69. The summed E-state index contributed by atoms with van der Waals surface area (Å²) in [5.74, 6) is 0.414. The van der Waals surface area contributed by atoms with E-state index in [2.05, 4.69) is 11.9 Å². The normalized spacial score (nSPS) is 20.5. The topological polar surface area (TPSA) is 71.6 Å². The molecule has 2 heterocycles. The predicted molar refractivity (Wildman–Crippen MR) is 83.4 cm³/mol. The summed E-state index contributed by atoms with van der Waals surface area (Å²) < 4.78 is 28.7. The first kappa shape index (κ1) is 16.5. The number of rotatable bonds is 6. The number of nitrogens with zero attached hydrogens (tertiary/aromatic N) is 3. The van der Waals surface area contributed by atoms with Crippen LogP contribution in [0.25, 0.3) is 0 Å². The maximum Gasteiger partial charge on any atom is 0.244 e. The zero-order valence-electron chi connectivity index (χ0n) is 13.1. The van der Waals surface area contributed by atoms with E-state index in [1.165, 1.54) is 4.31 Å². The van der Waals surface area contributed by atoms with Crippen molar-refractivity contribution in [3.05, 3.63) is 18.0 Å². The first-order valence-electron chi connectivity index (χ1n) is 7.42. The third-order valence-electron chi connectivity index (χ3n) is 4.22. The van der Waals surface area contributed by atoms with Gasteiger partial charge in [-0.25, -0.2) is 12.7 Å². The lowest BCUT2D eigenvalue weighted by atomic mass is 10.1. The molecule has 1 saturated heterocycles. The van der Waals surface area contributed by atoms with Crippen LogP contribution in [-0.4, -0.2) is 55.9 Å². The van der Waals surface area contributed by atoms with Gasteiger partial charge in [0.1, 0.15) is 4.90 Å². The molecule has 1 aliphatic rings. The lowest BCUT2D eigenvalue weighted by Gasteiger charge is -2.20. The van der Waals surface area contributed by atoms with Crippen molar-refractivity contribution >= 4 is 10.0 Å². The van der Waals surface area contributed by atoms with Gasteiger partial charge in [0.05, 0.1) is 0 Å². The van der Waals surface area contributed by atoms with Crippen LogP contribution in [0, 0.1) is 5.92 Å². The molecule has 1 fully saturated rings. The van der Waals surface area contributed by atoms with Gasteiger partial charge >= 0.3 is 0 Å². The van der Waals surface area contributed by atoms with Gasteiger partial charge in [-0.15, -0.1) is 0 Å². The molecule has 6 nitrogen and oxygen atoms in total. The SMILES string of the molecule is CCn1cc(S(=O)(=O)N(C)CC2CCN(C)C2)cc1CN. The van der Waals surface area contributed by atoms with Gasteiger partial charge in [-0.1, -0.05) is 0 Å². The van der Waals surface area contributed by atoms with Crippen LogP contribution in [0.4, 0.5) is 0 Å². The largest absolute Gasteiger partial charge is 0.349 e. The van der Waals surface area contributed by atoms with Gasteiger partial charge in [0, 0.05) is 45.1 Å². The summed E-state index contributed by atoms with van der Waals surface area (Å²) in [6.45, 7) is 5.63. The molecule has 2 N–H and O–H groups in total. The lowest BCUT2D eigenvalue weighted by Crippen LogP contribution is -2.32. The van der Waals surface area contributed by atoms with Crippen molar-refractivity contribution in [2.45, 2.75) is 31.3 Å². The standard InChI is InChI=1S/C14H26N4O2S/c1-4-18-11-14(7-13(18)8-15)21(19,20)17(3)10-12-5-6-16(2)9-12/h7,11-12H,4-6,8-10,15H2,1-3H3. The number of likely N-dealkylation sites (tertiary alicyclic amines) is 1. The average molecular weight is 314 g/mol. The van der Waals surface area contributed by atoms with Crippen LogP contribution in [0.15, 0.2) is 17.2 Å². The summed E-state index contributed by atoms with van der Waals surface area (Å²) >= 11 is 0. The zero-order chi connectivity index (χ0) is 15.6. The van der Waals surface area contributed by atoms with Crippen molar-refractivity contribution in [1.82, 2.24) is 13.8 Å². The monoisotopic (exact) mass is 314 g/mol. The van der Waals surface area contributed by atoms with Crippen LogP contribution >= 0.6 is 0 Å². The molecule has 1 aromatic rings. The van der Waals surface area contributed by atoms with Gasteiger partial charge in [-0.05, 0) is 38.9 Å². The minimum Gasteiger partial charge on any atom is -0.349 e. The highest BCUT2D eigenvalue weighted by atomic mass is 32.2. The van der Waals surface area contributed by atoms with E-state index in [1.54, 1.807) is 19.3 Å². The van der Waals surface area contributed by atoms with Gasteiger partial charge < -0.3 is 15.2 Å². The van der Waals surface area contributed by atoms with Crippen molar-refractivity contribution in [3.8, 4) is 0 Å². The molecule has 1 unspecified atom stereocenters. The average Bonchev–Trinajstić information content (AvgIpc) is 3.04. The Hall–Kier alpha value is -0.890. The third kappa shape index (κ3) is 3.48. The summed E-state index contributed by atoms with van der Waals surface area (Å²) in [7, 11) is 0.311. The van der Waals surface area contributed by atoms with Gasteiger partial charge in [0.15, 0.2) is 0 Å². The number of aromatic nitrogens is 1. The van der Waals surface area contributed by atoms with E-state index < -0.39 is 10.0 Å². The number of nitrogens with two attached hydrogens (primary N) is 1. The van der Waals surface area contributed by atoms with E-state index in [0.717, 1.165) is 31.7 Å². The lowest BCUT2D eigenvalue weighted by molar-refractivity contribution is 0.356. The van der Waals surface area contributed by atoms with Gasteiger partial charge in [0.25, 0.3) is 0 Å². The predicted octanol–water partition coefficient (Wildman–Crippen LogP) is 0.539. The van der Waals surface area contributed by atoms with Gasteiger partial charge in [-0.2, -0.15) is 0 Å².